The van der Waals surface area contributed by atoms with Crippen molar-refractivity contribution < 1.29 is 9.59 Å². The van der Waals surface area contributed by atoms with Gasteiger partial charge in [0.2, 0.25) is 0 Å². The van der Waals surface area contributed by atoms with Crippen LogP contribution in [0.15, 0.2) is 67.0 Å². The van der Waals surface area contributed by atoms with Gasteiger partial charge < -0.3 is 10.6 Å². The van der Waals surface area contributed by atoms with Gasteiger partial charge in [-0.1, -0.05) is 44.2 Å². The van der Waals surface area contributed by atoms with Crippen LogP contribution in [0.2, 0.25) is 0 Å². The molecular weight excluding hydrogens is 352 g/mol. The lowest BCUT2D eigenvalue weighted by Gasteiger charge is -2.13. The van der Waals surface area contributed by atoms with Gasteiger partial charge in [-0.05, 0) is 41.3 Å². The lowest BCUT2D eigenvalue weighted by Crippen LogP contribution is -2.25. The minimum Gasteiger partial charge on any atom is -0.347 e. The van der Waals surface area contributed by atoms with E-state index < -0.39 is 0 Å². The highest BCUT2D eigenvalue weighted by molar-refractivity contribution is 6.04. The number of para-hydroxylation sites is 1. The maximum atomic E-state index is 12.6. The standard InChI is InChI=1S/C22H22N4O2/c1-15(2)17-8-3-4-9-18(17)26-22(28)20-11-5-10-19(25-20)21(27)24-14-16-7-6-12-23-13-16/h3-13,15H,14H2,1-2H3,(H,24,27)(H,26,28). The summed E-state index contributed by atoms with van der Waals surface area (Å²) in [6.07, 6.45) is 3.36. The average Bonchev–Trinajstić information content (AvgIpc) is 2.73. The van der Waals surface area contributed by atoms with E-state index in [9.17, 15) is 9.59 Å². The first kappa shape index (κ1) is 19.2. The van der Waals surface area contributed by atoms with Gasteiger partial charge in [0.1, 0.15) is 11.4 Å². The molecule has 28 heavy (non-hydrogen) atoms. The summed E-state index contributed by atoms with van der Waals surface area (Å²) in [6.45, 7) is 4.47. The molecule has 0 atom stereocenters. The Kier molecular flexibility index (Phi) is 6.11. The van der Waals surface area contributed by atoms with Crippen LogP contribution in [0.1, 0.15) is 51.9 Å². The van der Waals surface area contributed by atoms with Crippen molar-refractivity contribution in [3.63, 3.8) is 0 Å². The fourth-order valence-electron chi connectivity index (χ4n) is 2.76. The Labute approximate surface area is 164 Å². The fourth-order valence-corrected chi connectivity index (χ4v) is 2.76. The number of carbonyl (C=O) groups is 2. The van der Waals surface area contributed by atoms with Crippen molar-refractivity contribution in [3.05, 3.63) is 89.5 Å². The molecule has 0 radical (unpaired) electrons. The number of benzene rings is 1. The largest absolute Gasteiger partial charge is 0.347 e. The summed E-state index contributed by atoms with van der Waals surface area (Å²) in [7, 11) is 0. The minimum atomic E-state index is -0.352. The van der Waals surface area contributed by atoms with Crippen molar-refractivity contribution in [1.82, 2.24) is 15.3 Å². The fraction of sp³-hybridized carbons (Fsp3) is 0.182. The molecule has 0 aliphatic heterocycles. The van der Waals surface area contributed by atoms with E-state index in [-0.39, 0.29) is 29.1 Å². The molecule has 0 saturated carbocycles. The number of amides is 2. The summed E-state index contributed by atoms with van der Waals surface area (Å²) in [5, 5.41) is 5.67. The molecule has 1 aromatic carbocycles. The van der Waals surface area contributed by atoms with Crippen LogP contribution in [0, 0.1) is 0 Å². The van der Waals surface area contributed by atoms with Crippen molar-refractivity contribution in [2.45, 2.75) is 26.3 Å². The zero-order valence-corrected chi connectivity index (χ0v) is 15.8. The molecule has 6 nitrogen and oxygen atoms in total. The Hall–Kier alpha value is -3.54. The van der Waals surface area contributed by atoms with E-state index in [1.807, 2.05) is 30.3 Å². The highest BCUT2D eigenvalue weighted by atomic mass is 16.2. The van der Waals surface area contributed by atoms with E-state index in [4.69, 9.17) is 0 Å². The predicted octanol–water partition coefficient (Wildman–Crippen LogP) is 3.78. The minimum absolute atomic E-state index is 0.188. The third-order valence-corrected chi connectivity index (χ3v) is 4.22. The van der Waals surface area contributed by atoms with Gasteiger partial charge in [0.25, 0.3) is 11.8 Å². The topological polar surface area (TPSA) is 84.0 Å². The molecule has 142 valence electrons. The van der Waals surface area contributed by atoms with E-state index in [0.717, 1.165) is 16.8 Å². The third kappa shape index (κ3) is 4.79. The third-order valence-electron chi connectivity index (χ3n) is 4.22. The summed E-state index contributed by atoms with van der Waals surface area (Å²) in [4.78, 5) is 33.2. The summed E-state index contributed by atoms with van der Waals surface area (Å²) in [5.74, 6) is -0.426. The van der Waals surface area contributed by atoms with Crippen LogP contribution in [0.5, 0.6) is 0 Å². The zero-order chi connectivity index (χ0) is 19.9. The van der Waals surface area contributed by atoms with Crippen molar-refractivity contribution >= 4 is 17.5 Å². The molecular formula is C22H22N4O2. The van der Waals surface area contributed by atoms with Crippen molar-refractivity contribution in [3.8, 4) is 0 Å². The molecule has 2 N–H and O–H groups in total. The highest BCUT2D eigenvalue weighted by Crippen LogP contribution is 2.24. The highest BCUT2D eigenvalue weighted by Gasteiger charge is 2.14. The summed E-state index contributed by atoms with van der Waals surface area (Å²) in [6, 6.07) is 16.1. The number of anilines is 1. The number of nitrogens with zero attached hydrogens (tertiary/aromatic N) is 2. The quantitative estimate of drug-likeness (QED) is 0.688. The summed E-state index contributed by atoms with van der Waals surface area (Å²) >= 11 is 0. The predicted molar refractivity (Wildman–Crippen MR) is 108 cm³/mol. The second-order valence-electron chi connectivity index (χ2n) is 6.65. The van der Waals surface area contributed by atoms with Gasteiger partial charge in [0.05, 0.1) is 0 Å². The van der Waals surface area contributed by atoms with Gasteiger partial charge in [-0.25, -0.2) is 4.98 Å². The molecule has 2 heterocycles. The molecule has 0 spiro atoms. The molecule has 6 heteroatoms. The maximum absolute atomic E-state index is 12.6. The average molecular weight is 374 g/mol. The monoisotopic (exact) mass is 374 g/mol. The molecule has 0 unspecified atom stereocenters. The van der Waals surface area contributed by atoms with Crippen molar-refractivity contribution in [2.75, 3.05) is 5.32 Å². The van der Waals surface area contributed by atoms with Gasteiger partial charge in [-0.15, -0.1) is 0 Å². The second kappa shape index (κ2) is 8.90. The summed E-state index contributed by atoms with van der Waals surface area (Å²) in [5.41, 5.74) is 3.05. The van der Waals surface area contributed by atoms with Crippen LogP contribution in [-0.4, -0.2) is 21.8 Å². The van der Waals surface area contributed by atoms with Gasteiger partial charge in [-0.2, -0.15) is 0 Å². The lowest BCUT2D eigenvalue weighted by atomic mass is 10.0. The van der Waals surface area contributed by atoms with Crippen molar-refractivity contribution in [2.24, 2.45) is 0 Å². The van der Waals surface area contributed by atoms with Crippen LogP contribution in [0.25, 0.3) is 0 Å². The molecule has 0 bridgehead atoms. The number of rotatable bonds is 6. The lowest BCUT2D eigenvalue weighted by molar-refractivity contribution is 0.0945. The van der Waals surface area contributed by atoms with Gasteiger partial charge in [0.15, 0.2) is 0 Å². The van der Waals surface area contributed by atoms with Crippen LogP contribution >= 0.6 is 0 Å². The molecule has 0 aliphatic carbocycles. The van der Waals surface area contributed by atoms with Gasteiger partial charge >= 0.3 is 0 Å². The van der Waals surface area contributed by atoms with Crippen LogP contribution < -0.4 is 10.6 Å². The van der Waals surface area contributed by atoms with Crippen LogP contribution in [0.4, 0.5) is 5.69 Å². The summed E-state index contributed by atoms with van der Waals surface area (Å²) < 4.78 is 0. The molecule has 0 fully saturated rings. The Bertz CT molecular complexity index is 971. The molecule has 3 aromatic rings. The zero-order valence-electron chi connectivity index (χ0n) is 15.8. The molecule has 2 amide bonds. The van der Waals surface area contributed by atoms with Crippen LogP contribution in [-0.2, 0) is 6.54 Å². The SMILES string of the molecule is CC(C)c1ccccc1NC(=O)c1cccc(C(=O)NCc2cccnc2)n1. The molecule has 3 rings (SSSR count). The first-order valence-corrected chi connectivity index (χ1v) is 9.09. The maximum Gasteiger partial charge on any atom is 0.274 e. The molecule has 0 aliphatic rings. The number of hydrogen-bond acceptors (Lipinski definition) is 4. The van der Waals surface area contributed by atoms with E-state index >= 15 is 0 Å². The molecule has 2 aromatic heterocycles. The Morgan fingerprint density at radius 1 is 0.929 bits per heavy atom. The number of carbonyl (C=O) groups excluding carboxylic acids is 2. The van der Waals surface area contributed by atoms with E-state index in [1.165, 1.54) is 0 Å². The van der Waals surface area contributed by atoms with Gasteiger partial charge in [0, 0.05) is 24.6 Å². The van der Waals surface area contributed by atoms with Crippen LogP contribution in [0.3, 0.4) is 0 Å². The number of pyridine rings is 2. The smallest absolute Gasteiger partial charge is 0.274 e. The normalized spacial score (nSPS) is 10.5. The first-order valence-electron chi connectivity index (χ1n) is 9.09. The van der Waals surface area contributed by atoms with Crippen molar-refractivity contribution in [1.29, 1.82) is 0 Å². The van der Waals surface area contributed by atoms with E-state index in [1.54, 1.807) is 36.7 Å². The Balaban J connectivity index is 1.70. The second-order valence-corrected chi connectivity index (χ2v) is 6.65. The Morgan fingerprint density at radius 2 is 1.68 bits per heavy atom. The van der Waals surface area contributed by atoms with E-state index in [0.29, 0.717) is 6.54 Å². The van der Waals surface area contributed by atoms with Gasteiger partial charge in [-0.3, -0.25) is 14.6 Å². The number of hydrogen-bond donors (Lipinski definition) is 2. The van der Waals surface area contributed by atoms with E-state index in [2.05, 4.69) is 34.4 Å². The Morgan fingerprint density at radius 3 is 2.39 bits per heavy atom. The number of aromatic nitrogens is 2. The molecule has 0 saturated heterocycles. The first-order chi connectivity index (χ1) is 13.5. The number of nitrogens with one attached hydrogen (secondary N) is 2.